The minimum absolute atomic E-state index is 0.0408. The zero-order chi connectivity index (χ0) is 15.2. The van der Waals surface area contributed by atoms with E-state index in [2.05, 4.69) is 40.0 Å². The molecule has 1 aliphatic rings. The standard InChI is InChI=1S/C16H23BrN2O2/c1-12(2)19-9-7-14(8-10-19)18-16(20)11-21-15-5-3-13(17)4-6-15/h3-6,12,14H,7-11H2,1-2H3,(H,18,20). The molecule has 1 amide bonds. The smallest absolute Gasteiger partial charge is 0.258 e. The lowest BCUT2D eigenvalue weighted by molar-refractivity contribution is -0.124. The van der Waals surface area contributed by atoms with Crippen LogP contribution in [0.4, 0.5) is 0 Å². The highest BCUT2D eigenvalue weighted by Gasteiger charge is 2.21. The Labute approximate surface area is 135 Å². The molecule has 0 radical (unpaired) electrons. The van der Waals surface area contributed by atoms with Crippen molar-refractivity contribution in [1.29, 1.82) is 0 Å². The molecule has 0 aromatic heterocycles. The number of hydrogen-bond acceptors (Lipinski definition) is 3. The van der Waals surface area contributed by atoms with E-state index in [0.717, 1.165) is 30.4 Å². The average molecular weight is 355 g/mol. The van der Waals surface area contributed by atoms with Crippen LogP contribution in [0.2, 0.25) is 0 Å². The maximum atomic E-state index is 11.9. The van der Waals surface area contributed by atoms with Crippen molar-refractivity contribution in [1.82, 2.24) is 10.2 Å². The lowest BCUT2D eigenvalue weighted by atomic mass is 10.0. The molecule has 4 nitrogen and oxygen atoms in total. The second-order valence-corrected chi connectivity index (χ2v) is 6.63. The predicted molar refractivity (Wildman–Crippen MR) is 87.5 cm³/mol. The number of carbonyl (C=O) groups is 1. The zero-order valence-corrected chi connectivity index (χ0v) is 14.2. The molecule has 0 atom stereocenters. The summed E-state index contributed by atoms with van der Waals surface area (Å²) in [4.78, 5) is 14.4. The van der Waals surface area contributed by atoms with Gasteiger partial charge in [0.15, 0.2) is 6.61 Å². The molecule has 1 aliphatic heterocycles. The van der Waals surface area contributed by atoms with Gasteiger partial charge in [-0.2, -0.15) is 0 Å². The molecule has 1 aromatic carbocycles. The van der Waals surface area contributed by atoms with Crippen molar-refractivity contribution in [3.63, 3.8) is 0 Å². The van der Waals surface area contributed by atoms with Crippen LogP contribution in [0, 0.1) is 0 Å². The molecular formula is C16H23BrN2O2. The van der Waals surface area contributed by atoms with Crippen molar-refractivity contribution in [3.05, 3.63) is 28.7 Å². The highest BCUT2D eigenvalue weighted by Crippen LogP contribution is 2.16. The van der Waals surface area contributed by atoms with Crippen LogP contribution in [0.15, 0.2) is 28.7 Å². The van der Waals surface area contributed by atoms with Gasteiger partial charge in [-0.15, -0.1) is 0 Å². The SMILES string of the molecule is CC(C)N1CCC(NC(=O)COc2ccc(Br)cc2)CC1. The number of piperidine rings is 1. The van der Waals surface area contributed by atoms with Gasteiger partial charge in [0, 0.05) is 29.6 Å². The Morgan fingerprint density at radius 1 is 1.33 bits per heavy atom. The van der Waals surface area contributed by atoms with Gasteiger partial charge in [0.25, 0.3) is 5.91 Å². The predicted octanol–water partition coefficient (Wildman–Crippen LogP) is 2.82. The molecule has 0 unspecified atom stereocenters. The largest absolute Gasteiger partial charge is 0.484 e. The molecule has 21 heavy (non-hydrogen) atoms. The molecule has 5 heteroatoms. The normalized spacial score (nSPS) is 17.0. The number of likely N-dealkylation sites (tertiary alicyclic amines) is 1. The van der Waals surface area contributed by atoms with E-state index in [1.54, 1.807) is 0 Å². The van der Waals surface area contributed by atoms with Crippen molar-refractivity contribution < 1.29 is 9.53 Å². The lowest BCUT2D eigenvalue weighted by Crippen LogP contribution is -2.47. The van der Waals surface area contributed by atoms with Gasteiger partial charge in [-0.25, -0.2) is 0 Å². The number of benzene rings is 1. The number of nitrogens with one attached hydrogen (secondary N) is 1. The number of nitrogens with zero attached hydrogens (tertiary/aromatic N) is 1. The molecular weight excluding hydrogens is 332 g/mol. The molecule has 1 aromatic rings. The summed E-state index contributed by atoms with van der Waals surface area (Å²) in [5.74, 6) is 0.670. The fourth-order valence-electron chi connectivity index (χ4n) is 2.51. The van der Waals surface area contributed by atoms with Crippen LogP contribution in [-0.2, 0) is 4.79 Å². The van der Waals surface area contributed by atoms with E-state index in [1.165, 1.54) is 0 Å². The Balaban J connectivity index is 1.69. The molecule has 0 saturated carbocycles. The number of amides is 1. The second-order valence-electron chi connectivity index (χ2n) is 5.71. The van der Waals surface area contributed by atoms with Crippen molar-refractivity contribution >= 4 is 21.8 Å². The number of ether oxygens (including phenoxy) is 1. The fraction of sp³-hybridized carbons (Fsp3) is 0.562. The summed E-state index contributed by atoms with van der Waals surface area (Å²) in [6, 6.07) is 8.35. The zero-order valence-electron chi connectivity index (χ0n) is 12.6. The van der Waals surface area contributed by atoms with Crippen LogP contribution < -0.4 is 10.1 Å². The van der Waals surface area contributed by atoms with Crippen LogP contribution in [0.3, 0.4) is 0 Å². The molecule has 116 valence electrons. The molecule has 1 saturated heterocycles. The quantitative estimate of drug-likeness (QED) is 0.883. The fourth-order valence-corrected chi connectivity index (χ4v) is 2.77. The van der Waals surface area contributed by atoms with Crippen LogP contribution in [-0.4, -0.2) is 42.6 Å². The van der Waals surface area contributed by atoms with Crippen molar-refractivity contribution in [2.75, 3.05) is 19.7 Å². The number of halogens is 1. The van der Waals surface area contributed by atoms with Gasteiger partial charge >= 0.3 is 0 Å². The van der Waals surface area contributed by atoms with Gasteiger partial charge in [0.05, 0.1) is 0 Å². The molecule has 1 heterocycles. The van der Waals surface area contributed by atoms with Crippen molar-refractivity contribution in [2.45, 2.75) is 38.8 Å². The Kier molecular flexibility index (Phi) is 6.06. The molecule has 2 rings (SSSR count). The van der Waals surface area contributed by atoms with Crippen LogP contribution in [0.25, 0.3) is 0 Å². The van der Waals surface area contributed by atoms with Crippen molar-refractivity contribution in [3.8, 4) is 5.75 Å². The van der Waals surface area contributed by atoms with Gasteiger partial charge in [0.2, 0.25) is 0 Å². The summed E-state index contributed by atoms with van der Waals surface area (Å²) in [6.45, 7) is 6.61. The van der Waals surface area contributed by atoms with Gasteiger partial charge in [0.1, 0.15) is 5.75 Å². The van der Waals surface area contributed by atoms with E-state index >= 15 is 0 Å². The second kappa shape index (κ2) is 7.80. The van der Waals surface area contributed by atoms with Gasteiger partial charge in [-0.05, 0) is 51.0 Å². The Morgan fingerprint density at radius 3 is 2.52 bits per heavy atom. The van der Waals surface area contributed by atoms with Crippen LogP contribution in [0.5, 0.6) is 5.75 Å². The summed E-state index contributed by atoms with van der Waals surface area (Å²) < 4.78 is 6.48. The number of rotatable bonds is 5. The molecule has 0 spiro atoms. The highest BCUT2D eigenvalue weighted by molar-refractivity contribution is 9.10. The Morgan fingerprint density at radius 2 is 1.95 bits per heavy atom. The van der Waals surface area contributed by atoms with E-state index < -0.39 is 0 Å². The highest BCUT2D eigenvalue weighted by atomic mass is 79.9. The minimum Gasteiger partial charge on any atom is -0.484 e. The van der Waals surface area contributed by atoms with Gasteiger partial charge in [-0.1, -0.05) is 15.9 Å². The maximum Gasteiger partial charge on any atom is 0.258 e. The summed E-state index contributed by atoms with van der Waals surface area (Å²) in [5.41, 5.74) is 0. The number of hydrogen-bond donors (Lipinski definition) is 1. The first kappa shape index (κ1) is 16.3. The monoisotopic (exact) mass is 354 g/mol. The van der Waals surface area contributed by atoms with Gasteiger partial charge < -0.3 is 15.0 Å². The minimum atomic E-state index is -0.0408. The van der Waals surface area contributed by atoms with E-state index in [0.29, 0.717) is 11.8 Å². The van der Waals surface area contributed by atoms with E-state index in [9.17, 15) is 4.79 Å². The van der Waals surface area contributed by atoms with Gasteiger partial charge in [-0.3, -0.25) is 4.79 Å². The first-order valence-corrected chi connectivity index (χ1v) is 8.25. The Hall–Kier alpha value is -1.07. The molecule has 0 bridgehead atoms. The summed E-state index contributed by atoms with van der Waals surface area (Å²) in [6.07, 6.45) is 2.03. The van der Waals surface area contributed by atoms with Crippen molar-refractivity contribution in [2.24, 2.45) is 0 Å². The van der Waals surface area contributed by atoms with E-state index in [4.69, 9.17) is 4.74 Å². The van der Waals surface area contributed by atoms with E-state index in [-0.39, 0.29) is 18.6 Å². The molecule has 1 N–H and O–H groups in total. The topological polar surface area (TPSA) is 41.6 Å². The summed E-state index contributed by atoms with van der Waals surface area (Å²) >= 11 is 3.37. The van der Waals surface area contributed by atoms with E-state index in [1.807, 2.05) is 24.3 Å². The number of carbonyl (C=O) groups excluding carboxylic acids is 1. The third kappa shape index (κ3) is 5.32. The third-order valence-corrected chi connectivity index (χ3v) is 4.34. The average Bonchev–Trinajstić information content (AvgIpc) is 2.47. The molecule has 1 fully saturated rings. The molecule has 0 aliphatic carbocycles. The summed E-state index contributed by atoms with van der Waals surface area (Å²) in [5, 5.41) is 3.06. The maximum absolute atomic E-state index is 11.9. The van der Waals surface area contributed by atoms with Crippen LogP contribution >= 0.6 is 15.9 Å². The first-order chi connectivity index (χ1) is 10.0. The first-order valence-electron chi connectivity index (χ1n) is 7.46. The third-order valence-electron chi connectivity index (χ3n) is 3.81. The van der Waals surface area contributed by atoms with Crippen LogP contribution in [0.1, 0.15) is 26.7 Å². The summed E-state index contributed by atoms with van der Waals surface area (Å²) in [7, 11) is 0. The lowest BCUT2D eigenvalue weighted by Gasteiger charge is -2.34. The Bertz CT molecular complexity index is 454.